The molecule has 1 aromatic heterocycles. The number of halogens is 6. The number of carboxylic acid groups (broad SMARTS) is 1. The highest BCUT2D eigenvalue weighted by atomic mass is 35.5. The first-order valence-corrected chi connectivity index (χ1v) is 23.3. The fraction of sp³-hybridized carbons (Fsp3) is 0.469. The lowest BCUT2D eigenvalue weighted by Gasteiger charge is -2.50. The Hall–Kier alpha value is -5.92. The lowest BCUT2D eigenvalue weighted by molar-refractivity contribution is -0.166. The molecule has 2 N–H and O–H groups in total. The first-order chi connectivity index (χ1) is 32.8. The molecule has 0 unspecified atom stereocenters. The van der Waals surface area contributed by atoms with Crippen molar-refractivity contribution >= 4 is 52.9 Å². The Kier molecular flexibility index (Phi) is 16.5. The molecule has 3 heterocycles. The van der Waals surface area contributed by atoms with Crippen LogP contribution in [0.3, 0.4) is 0 Å². The zero-order chi connectivity index (χ0) is 51.5. The van der Waals surface area contributed by atoms with Gasteiger partial charge in [-0.2, -0.15) is 13.2 Å². The summed E-state index contributed by atoms with van der Waals surface area (Å²) in [6, 6.07) is 12.6. The monoisotopic (exact) mass is 1020 g/mol. The number of alkyl halides is 3. The maximum atomic E-state index is 16.2. The van der Waals surface area contributed by atoms with Crippen molar-refractivity contribution in [3.63, 3.8) is 0 Å². The quantitative estimate of drug-likeness (QED) is 0.132. The lowest BCUT2D eigenvalue weighted by atomic mass is 9.80. The summed E-state index contributed by atoms with van der Waals surface area (Å²) < 4.78 is 72.8. The minimum Gasteiger partial charge on any atom is -0.465 e. The molecule has 5 amide bonds. The number of ether oxygens (including phenoxy) is 2. The standard InChI is InChI=1S/C49H57Cl2F4N7O8/c1-29-43(64)57-38(27-69-7)45(66)59(6)48(22-30-9-13-33(50)14-10-30)17-8-18-60(28-48)44(65)32(23-49(53,54)55)19-42(63)61(29)25-36-37(52)20-34(51)21-40(36)70-35-15-11-31(12-16-35)39-24-56-41(58(39)5)26-62(46(67)68)47(2,3)4/h9-16,20-21,24,29,32,38H,8,17-19,22-23,25-28H2,1-7H3,(H,57,64)(H,67,68)/t29-,32-,38-,48+/m0/s1. The van der Waals surface area contributed by atoms with Crippen LogP contribution in [0.4, 0.5) is 22.4 Å². The molecule has 15 nitrogen and oxygen atoms in total. The zero-order valence-electron chi connectivity index (χ0n) is 39.9. The van der Waals surface area contributed by atoms with Crippen molar-refractivity contribution in [2.24, 2.45) is 13.0 Å². The number of piperidine rings is 1. The van der Waals surface area contributed by atoms with E-state index in [1.807, 2.05) is 0 Å². The van der Waals surface area contributed by atoms with Gasteiger partial charge in [0, 0.05) is 67.4 Å². The Morgan fingerprint density at radius 2 is 1.66 bits per heavy atom. The van der Waals surface area contributed by atoms with E-state index in [0.717, 1.165) is 16.5 Å². The van der Waals surface area contributed by atoms with Crippen molar-refractivity contribution in [2.45, 2.75) is 102 Å². The summed E-state index contributed by atoms with van der Waals surface area (Å²) in [4.78, 5) is 79.1. The van der Waals surface area contributed by atoms with Gasteiger partial charge >= 0.3 is 12.3 Å². The van der Waals surface area contributed by atoms with Gasteiger partial charge in [0.2, 0.25) is 23.6 Å². The number of hydrogen-bond acceptors (Lipinski definition) is 8. The number of rotatable bonds is 12. The molecule has 2 bridgehead atoms. The van der Waals surface area contributed by atoms with Crippen LogP contribution in [0.1, 0.15) is 70.3 Å². The maximum absolute atomic E-state index is 16.2. The summed E-state index contributed by atoms with van der Waals surface area (Å²) in [5.41, 5.74) is -0.119. The number of imidazole rings is 1. The van der Waals surface area contributed by atoms with E-state index in [1.165, 1.54) is 41.8 Å². The van der Waals surface area contributed by atoms with E-state index >= 15 is 4.39 Å². The topological polar surface area (TPSA) is 167 Å². The van der Waals surface area contributed by atoms with Gasteiger partial charge in [0.15, 0.2) is 0 Å². The molecule has 0 aliphatic carbocycles. The fourth-order valence-electron chi connectivity index (χ4n) is 9.03. The Morgan fingerprint density at radius 1 is 0.986 bits per heavy atom. The van der Waals surface area contributed by atoms with E-state index in [0.29, 0.717) is 34.9 Å². The predicted molar refractivity (Wildman–Crippen MR) is 253 cm³/mol. The number of methoxy groups -OCH3 is 1. The van der Waals surface area contributed by atoms with Gasteiger partial charge in [-0.1, -0.05) is 35.3 Å². The number of hydrogen-bond donors (Lipinski definition) is 2. The summed E-state index contributed by atoms with van der Waals surface area (Å²) in [6.07, 6.45) is -6.26. The van der Waals surface area contributed by atoms with Crippen molar-refractivity contribution in [1.82, 2.24) is 34.5 Å². The highest BCUT2D eigenvalue weighted by molar-refractivity contribution is 6.31. The third-order valence-electron chi connectivity index (χ3n) is 13.0. The first kappa shape index (κ1) is 53.4. The van der Waals surface area contributed by atoms with Crippen molar-refractivity contribution < 1.29 is 56.1 Å². The van der Waals surface area contributed by atoms with E-state index in [1.54, 1.807) is 87.1 Å². The van der Waals surface area contributed by atoms with Crippen LogP contribution < -0.4 is 10.1 Å². The Labute approximate surface area is 413 Å². The second-order valence-corrected chi connectivity index (χ2v) is 19.7. The Morgan fingerprint density at radius 3 is 2.27 bits per heavy atom. The number of benzene rings is 3. The van der Waals surface area contributed by atoms with Gasteiger partial charge in [0.05, 0.1) is 49.5 Å². The predicted octanol–water partition coefficient (Wildman–Crippen LogP) is 8.49. The van der Waals surface area contributed by atoms with Gasteiger partial charge < -0.3 is 39.2 Å². The van der Waals surface area contributed by atoms with Crippen molar-refractivity contribution in [2.75, 3.05) is 33.9 Å². The van der Waals surface area contributed by atoms with Gasteiger partial charge in [-0.3, -0.25) is 24.1 Å². The van der Waals surface area contributed by atoms with E-state index < -0.39 is 90.2 Å². The zero-order valence-corrected chi connectivity index (χ0v) is 41.4. The third-order valence-corrected chi connectivity index (χ3v) is 13.4. The SMILES string of the molecule is COC[C@@H]1NC(=O)[C@H](C)N(Cc2c(F)cc(Cl)cc2Oc2ccc(-c3cnc(CN(C(=O)O)C(C)(C)C)n3C)cc2)C(=O)C[C@@H](CC(F)(F)F)C(=O)N2CCC[C@@](Cc3ccc(Cl)cc3)(C2)N(C)C1=O. The molecule has 2 aliphatic heterocycles. The molecular formula is C49H57Cl2F4N7O8. The van der Waals surface area contributed by atoms with Crippen molar-refractivity contribution in [1.29, 1.82) is 0 Å². The molecule has 2 saturated heterocycles. The molecule has 4 aromatic rings. The Balaban J connectivity index is 1.34. The van der Waals surface area contributed by atoms with E-state index in [-0.39, 0.29) is 54.7 Å². The van der Waals surface area contributed by atoms with Crippen LogP contribution in [0.5, 0.6) is 11.5 Å². The van der Waals surface area contributed by atoms with Gasteiger partial charge in [-0.05, 0) is 101 Å². The largest absolute Gasteiger partial charge is 0.465 e. The minimum atomic E-state index is -4.90. The second kappa shape index (κ2) is 21.6. The van der Waals surface area contributed by atoms with Crippen molar-refractivity contribution in [3.8, 4) is 22.8 Å². The van der Waals surface area contributed by atoms with Crippen LogP contribution in [-0.4, -0.2) is 127 Å². The number of amides is 5. The fourth-order valence-corrected chi connectivity index (χ4v) is 9.35. The summed E-state index contributed by atoms with van der Waals surface area (Å²) in [6.45, 7) is 5.43. The molecule has 21 heteroatoms. The lowest BCUT2D eigenvalue weighted by Crippen LogP contribution is -2.65. The maximum Gasteiger partial charge on any atom is 0.408 e. The van der Waals surface area contributed by atoms with E-state index in [4.69, 9.17) is 32.7 Å². The third kappa shape index (κ3) is 12.5. The number of carbonyl (C=O) groups is 5. The van der Waals surface area contributed by atoms with Crippen LogP contribution in [0.25, 0.3) is 11.3 Å². The van der Waals surface area contributed by atoms with Gasteiger partial charge in [-0.25, -0.2) is 14.2 Å². The normalized spacial score (nSPS) is 20.9. The summed E-state index contributed by atoms with van der Waals surface area (Å²) in [7, 11) is 4.58. The summed E-state index contributed by atoms with van der Waals surface area (Å²) in [5, 5.41) is 12.8. The average Bonchev–Trinajstić information content (AvgIpc) is 3.65. The number of nitrogens with one attached hydrogen (secondary N) is 1. The molecule has 4 atom stereocenters. The van der Waals surface area contributed by atoms with Crippen LogP contribution in [0.15, 0.2) is 66.9 Å². The molecule has 6 rings (SSSR count). The molecule has 0 saturated carbocycles. The smallest absolute Gasteiger partial charge is 0.408 e. The van der Waals surface area contributed by atoms with E-state index in [2.05, 4.69) is 10.3 Å². The van der Waals surface area contributed by atoms with Crippen LogP contribution >= 0.6 is 23.2 Å². The number of fused-ring (bicyclic) bond motifs is 2. The molecular weight excluding hydrogens is 961 g/mol. The second-order valence-electron chi connectivity index (χ2n) is 18.9. The molecule has 2 aliphatic rings. The highest BCUT2D eigenvalue weighted by Gasteiger charge is 2.48. The van der Waals surface area contributed by atoms with Gasteiger partial charge in [0.25, 0.3) is 0 Å². The molecule has 3 aromatic carbocycles. The van der Waals surface area contributed by atoms with Gasteiger partial charge in [0.1, 0.15) is 35.2 Å². The molecule has 378 valence electrons. The van der Waals surface area contributed by atoms with E-state index in [9.17, 15) is 42.3 Å². The number of aromatic nitrogens is 2. The Bertz CT molecular complexity index is 2570. The van der Waals surface area contributed by atoms with Crippen LogP contribution in [0.2, 0.25) is 10.0 Å². The van der Waals surface area contributed by atoms with Crippen molar-refractivity contribution in [3.05, 3.63) is 99.7 Å². The molecule has 0 spiro atoms. The van der Waals surface area contributed by atoms with Gasteiger partial charge in [-0.15, -0.1) is 0 Å². The average molecular weight is 1020 g/mol. The summed E-state index contributed by atoms with van der Waals surface area (Å²) >= 11 is 12.5. The molecule has 2 fully saturated rings. The van der Waals surface area contributed by atoms with Crippen LogP contribution in [-0.2, 0) is 50.5 Å². The highest BCUT2D eigenvalue weighted by Crippen LogP contribution is 2.37. The van der Waals surface area contributed by atoms with Crippen LogP contribution in [0, 0.1) is 11.7 Å². The number of nitrogens with zero attached hydrogens (tertiary/aromatic N) is 6. The molecule has 0 radical (unpaired) electrons. The molecule has 70 heavy (non-hydrogen) atoms. The summed E-state index contributed by atoms with van der Waals surface area (Å²) in [5.74, 6) is -6.04. The first-order valence-electron chi connectivity index (χ1n) is 22.5. The number of likely N-dealkylation sites (N-methyl/N-ethyl adjacent to an activating group) is 1. The number of carbonyl (C=O) groups excluding carboxylic acids is 4. The minimum absolute atomic E-state index is 0.0207.